The van der Waals surface area contributed by atoms with Gasteiger partial charge in [0.25, 0.3) is 0 Å². The summed E-state index contributed by atoms with van der Waals surface area (Å²) in [4.78, 5) is 0. The zero-order valence-electron chi connectivity index (χ0n) is 10.7. The normalized spacial score (nSPS) is 25.0. The lowest BCUT2D eigenvalue weighted by molar-refractivity contribution is -0.0513. The highest BCUT2D eigenvalue weighted by Crippen LogP contribution is 2.42. The number of ether oxygens (including phenoxy) is 1. The van der Waals surface area contributed by atoms with Gasteiger partial charge in [-0.15, -0.1) is 0 Å². The first-order valence-corrected chi connectivity index (χ1v) is 6.37. The molecule has 0 radical (unpaired) electrons. The third kappa shape index (κ3) is 2.92. The van der Waals surface area contributed by atoms with Crippen molar-refractivity contribution in [2.24, 2.45) is 5.41 Å². The molecule has 2 N–H and O–H groups in total. The molecule has 0 spiro atoms. The second-order valence-corrected chi connectivity index (χ2v) is 5.70. The summed E-state index contributed by atoms with van der Waals surface area (Å²) >= 11 is 5.87. The maximum absolute atomic E-state index is 12.1. The summed E-state index contributed by atoms with van der Waals surface area (Å²) < 4.78 is 28.5. The molecule has 6 heteroatoms. The fraction of sp³-hybridized carbons (Fsp3) is 0.538. The van der Waals surface area contributed by atoms with Gasteiger partial charge in [0.1, 0.15) is 5.75 Å². The van der Waals surface area contributed by atoms with Crippen LogP contribution in [0.4, 0.5) is 14.5 Å². The molecule has 2 unspecified atom stereocenters. The second kappa shape index (κ2) is 5.13. The number of aliphatic hydroxyl groups is 1. The molecule has 0 heterocycles. The largest absolute Gasteiger partial charge is 0.433 e. The minimum atomic E-state index is -2.89. The number of hydrogen-bond acceptors (Lipinski definition) is 3. The van der Waals surface area contributed by atoms with E-state index in [0.717, 1.165) is 5.69 Å². The Labute approximate surface area is 115 Å². The van der Waals surface area contributed by atoms with Crippen LogP contribution in [0.25, 0.3) is 0 Å². The highest BCUT2D eigenvalue weighted by Gasteiger charge is 2.47. The van der Waals surface area contributed by atoms with Crippen LogP contribution in [-0.2, 0) is 0 Å². The van der Waals surface area contributed by atoms with Gasteiger partial charge in [0.05, 0.1) is 11.1 Å². The van der Waals surface area contributed by atoms with Crippen LogP contribution in [0.15, 0.2) is 18.2 Å². The number of rotatable bonds is 4. The molecule has 19 heavy (non-hydrogen) atoms. The number of benzene rings is 1. The van der Waals surface area contributed by atoms with Gasteiger partial charge in [-0.25, -0.2) is 0 Å². The lowest BCUT2D eigenvalue weighted by Gasteiger charge is -2.49. The third-order valence-electron chi connectivity index (χ3n) is 3.70. The minimum Gasteiger partial charge on any atom is -0.433 e. The Hall–Kier alpha value is -1.07. The van der Waals surface area contributed by atoms with E-state index in [4.69, 9.17) is 11.6 Å². The Morgan fingerprint density at radius 3 is 2.63 bits per heavy atom. The summed E-state index contributed by atoms with van der Waals surface area (Å²) in [6, 6.07) is 4.70. The van der Waals surface area contributed by atoms with E-state index in [2.05, 4.69) is 10.1 Å². The number of halogens is 3. The summed E-state index contributed by atoms with van der Waals surface area (Å²) in [7, 11) is 0. The van der Waals surface area contributed by atoms with Gasteiger partial charge in [-0.1, -0.05) is 25.4 Å². The molecule has 1 saturated carbocycles. The Morgan fingerprint density at radius 1 is 1.47 bits per heavy atom. The van der Waals surface area contributed by atoms with E-state index >= 15 is 0 Å². The minimum absolute atomic E-state index is 0.0462. The maximum atomic E-state index is 12.1. The van der Waals surface area contributed by atoms with Crippen molar-refractivity contribution in [2.45, 2.75) is 39.0 Å². The van der Waals surface area contributed by atoms with E-state index in [9.17, 15) is 13.9 Å². The van der Waals surface area contributed by atoms with Crippen molar-refractivity contribution in [3.05, 3.63) is 23.2 Å². The molecule has 0 bridgehead atoms. The zero-order valence-corrected chi connectivity index (χ0v) is 11.4. The Balaban J connectivity index is 2.05. The summed E-state index contributed by atoms with van der Waals surface area (Å²) in [5.41, 5.74) is 0.501. The maximum Gasteiger partial charge on any atom is 0.387 e. The molecule has 1 aromatic carbocycles. The number of aliphatic hydroxyl groups excluding tert-OH is 1. The molecule has 2 rings (SSSR count). The number of anilines is 1. The van der Waals surface area contributed by atoms with Crippen LogP contribution >= 0.6 is 11.6 Å². The Kier molecular flexibility index (Phi) is 3.87. The molecule has 1 aromatic rings. The topological polar surface area (TPSA) is 41.5 Å². The van der Waals surface area contributed by atoms with Gasteiger partial charge >= 0.3 is 6.61 Å². The molecule has 0 amide bonds. The molecule has 3 nitrogen and oxygen atoms in total. The smallest absolute Gasteiger partial charge is 0.387 e. The van der Waals surface area contributed by atoms with Crippen LogP contribution in [-0.4, -0.2) is 23.9 Å². The van der Waals surface area contributed by atoms with Crippen molar-refractivity contribution in [3.63, 3.8) is 0 Å². The molecule has 0 saturated heterocycles. The SMILES string of the molecule is CC1(C)C(O)CC1Nc1ccc(OC(F)F)c(Cl)c1. The van der Waals surface area contributed by atoms with E-state index in [1.54, 1.807) is 12.1 Å². The predicted molar refractivity (Wildman–Crippen MR) is 69.9 cm³/mol. The average molecular weight is 292 g/mol. The fourth-order valence-corrected chi connectivity index (χ4v) is 2.36. The van der Waals surface area contributed by atoms with Crippen LogP contribution < -0.4 is 10.1 Å². The standard InChI is InChI=1S/C13H16ClF2NO2/c1-13(2)10(6-11(13)18)17-7-3-4-9(8(14)5-7)19-12(15)16/h3-5,10-12,17-18H,6H2,1-2H3. The zero-order chi connectivity index (χ0) is 14.2. The highest BCUT2D eigenvalue weighted by atomic mass is 35.5. The van der Waals surface area contributed by atoms with Crippen LogP contribution in [0, 0.1) is 5.41 Å². The first-order chi connectivity index (χ1) is 8.80. The van der Waals surface area contributed by atoms with Crippen molar-refractivity contribution >= 4 is 17.3 Å². The molecule has 0 aliphatic heterocycles. The molecule has 1 fully saturated rings. The van der Waals surface area contributed by atoms with E-state index in [0.29, 0.717) is 6.42 Å². The first kappa shape index (κ1) is 14.3. The lowest BCUT2D eigenvalue weighted by atomic mass is 9.64. The molecule has 2 atom stereocenters. The van der Waals surface area contributed by atoms with Gasteiger partial charge in [0, 0.05) is 17.1 Å². The summed E-state index contributed by atoms with van der Waals surface area (Å²) in [6.07, 6.45) is 0.321. The Morgan fingerprint density at radius 2 is 2.16 bits per heavy atom. The first-order valence-electron chi connectivity index (χ1n) is 5.99. The van der Waals surface area contributed by atoms with E-state index in [-0.39, 0.29) is 28.3 Å². The molecular formula is C13H16ClF2NO2. The van der Waals surface area contributed by atoms with Crippen molar-refractivity contribution in [1.82, 2.24) is 0 Å². The van der Waals surface area contributed by atoms with Crippen molar-refractivity contribution in [1.29, 1.82) is 0 Å². The summed E-state index contributed by atoms with van der Waals surface area (Å²) in [5.74, 6) is -0.0462. The molecule has 0 aromatic heterocycles. The van der Waals surface area contributed by atoms with Crippen molar-refractivity contribution < 1.29 is 18.6 Å². The monoisotopic (exact) mass is 291 g/mol. The number of hydrogen-bond donors (Lipinski definition) is 2. The van der Waals surface area contributed by atoms with Gasteiger partial charge in [0.2, 0.25) is 0 Å². The molecular weight excluding hydrogens is 276 g/mol. The van der Waals surface area contributed by atoms with Gasteiger partial charge < -0.3 is 15.2 Å². The molecule has 1 aliphatic carbocycles. The third-order valence-corrected chi connectivity index (χ3v) is 4.00. The number of alkyl halides is 2. The van der Waals surface area contributed by atoms with Crippen LogP contribution in [0.3, 0.4) is 0 Å². The van der Waals surface area contributed by atoms with Crippen LogP contribution in [0.5, 0.6) is 5.75 Å². The second-order valence-electron chi connectivity index (χ2n) is 5.29. The molecule has 106 valence electrons. The van der Waals surface area contributed by atoms with Gasteiger partial charge in [0.15, 0.2) is 0 Å². The summed E-state index contributed by atoms with van der Waals surface area (Å²) in [6.45, 7) is 1.04. The number of nitrogens with one attached hydrogen (secondary N) is 1. The molecule has 1 aliphatic rings. The summed E-state index contributed by atoms with van der Waals surface area (Å²) in [5, 5.41) is 13.0. The Bertz CT molecular complexity index is 468. The lowest BCUT2D eigenvalue weighted by Crippen LogP contribution is -2.56. The van der Waals surface area contributed by atoms with Gasteiger partial charge in [-0.3, -0.25) is 0 Å². The van der Waals surface area contributed by atoms with Crippen LogP contribution in [0.1, 0.15) is 20.3 Å². The van der Waals surface area contributed by atoms with E-state index in [1.165, 1.54) is 6.07 Å². The van der Waals surface area contributed by atoms with Crippen molar-refractivity contribution in [2.75, 3.05) is 5.32 Å². The van der Waals surface area contributed by atoms with Gasteiger partial charge in [-0.05, 0) is 24.6 Å². The van der Waals surface area contributed by atoms with Gasteiger partial charge in [-0.2, -0.15) is 8.78 Å². The average Bonchev–Trinajstić information content (AvgIpc) is 2.32. The highest BCUT2D eigenvalue weighted by molar-refractivity contribution is 6.32. The fourth-order valence-electron chi connectivity index (χ4n) is 2.13. The van der Waals surface area contributed by atoms with E-state index < -0.39 is 6.61 Å². The predicted octanol–water partition coefficient (Wildman–Crippen LogP) is 3.51. The van der Waals surface area contributed by atoms with E-state index in [1.807, 2.05) is 13.8 Å². The van der Waals surface area contributed by atoms with Crippen molar-refractivity contribution in [3.8, 4) is 5.75 Å². The van der Waals surface area contributed by atoms with Crippen LogP contribution in [0.2, 0.25) is 5.02 Å². The quantitative estimate of drug-likeness (QED) is 0.892.